The van der Waals surface area contributed by atoms with Gasteiger partial charge in [-0.15, -0.1) is 0 Å². The minimum absolute atomic E-state index is 0.0301. The molecule has 2 aromatic carbocycles. The van der Waals surface area contributed by atoms with Crippen LogP contribution >= 0.6 is 0 Å². The van der Waals surface area contributed by atoms with Crippen LogP contribution in [0.4, 0.5) is 0 Å². The van der Waals surface area contributed by atoms with Gasteiger partial charge in [0.1, 0.15) is 0 Å². The Balaban J connectivity index is 1.70. The van der Waals surface area contributed by atoms with Gasteiger partial charge in [0.15, 0.2) is 0 Å². The molecule has 25 heavy (non-hydrogen) atoms. The Morgan fingerprint density at radius 2 is 1.92 bits per heavy atom. The Morgan fingerprint density at radius 3 is 2.60 bits per heavy atom. The number of carbonyl (C=O) groups is 1. The van der Waals surface area contributed by atoms with Crippen LogP contribution in [0.2, 0.25) is 0 Å². The summed E-state index contributed by atoms with van der Waals surface area (Å²) >= 11 is 0. The summed E-state index contributed by atoms with van der Waals surface area (Å²) in [5.74, 6) is 0.105. The lowest BCUT2D eigenvalue weighted by molar-refractivity contribution is -0.122. The lowest BCUT2D eigenvalue weighted by atomic mass is 9.98. The maximum Gasteiger partial charge on any atom is 0.237 e. The molecule has 1 aliphatic heterocycles. The summed E-state index contributed by atoms with van der Waals surface area (Å²) in [7, 11) is 4.15. The number of nitrogens with zero attached hydrogens (tertiary/aromatic N) is 1. The smallest absolute Gasteiger partial charge is 0.237 e. The van der Waals surface area contributed by atoms with E-state index < -0.39 is 0 Å². The molecule has 0 bridgehead atoms. The topological polar surface area (TPSA) is 44.4 Å². The van der Waals surface area contributed by atoms with E-state index in [1.54, 1.807) is 0 Å². The van der Waals surface area contributed by atoms with Crippen molar-refractivity contribution in [3.8, 4) is 11.1 Å². The highest BCUT2D eigenvalue weighted by Crippen LogP contribution is 2.24. The van der Waals surface area contributed by atoms with Crippen LogP contribution in [0.15, 0.2) is 48.5 Å². The van der Waals surface area contributed by atoms with Gasteiger partial charge in [-0.3, -0.25) is 4.79 Å². The lowest BCUT2D eigenvalue weighted by Crippen LogP contribution is -2.40. The predicted octanol–water partition coefficient (Wildman–Crippen LogP) is 2.78. The summed E-state index contributed by atoms with van der Waals surface area (Å²) in [5.41, 5.74) is 4.81. The van der Waals surface area contributed by atoms with Crippen molar-refractivity contribution >= 4 is 5.91 Å². The first kappa shape index (κ1) is 17.6. The summed E-state index contributed by atoms with van der Waals surface area (Å²) in [6.45, 7) is 2.44. The molecule has 1 amide bonds. The van der Waals surface area contributed by atoms with Crippen LogP contribution in [-0.4, -0.2) is 37.5 Å². The van der Waals surface area contributed by atoms with Crippen molar-refractivity contribution < 1.29 is 4.79 Å². The summed E-state index contributed by atoms with van der Waals surface area (Å²) in [6, 6.07) is 16.9. The van der Waals surface area contributed by atoms with E-state index in [1.807, 2.05) is 12.1 Å². The number of hydrogen-bond acceptors (Lipinski definition) is 3. The van der Waals surface area contributed by atoms with Crippen LogP contribution in [0.3, 0.4) is 0 Å². The fourth-order valence-corrected chi connectivity index (χ4v) is 3.32. The van der Waals surface area contributed by atoms with Crippen LogP contribution in [0, 0.1) is 0 Å². The zero-order valence-corrected chi connectivity index (χ0v) is 15.1. The highest BCUT2D eigenvalue weighted by molar-refractivity contribution is 5.82. The van der Waals surface area contributed by atoms with Gasteiger partial charge in [0.2, 0.25) is 5.91 Å². The van der Waals surface area contributed by atoms with E-state index in [1.165, 1.54) is 16.7 Å². The fourth-order valence-electron chi connectivity index (χ4n) is 3.32. The van der Waals surface area contributed by atoms with Crippen LogP contribution in [0.25, 0.3) is 11.1 Å². The van der Waals surface area contributed by atoms with Crippen molar-refractivity contribution in [1.82, 2.24) is 15.5 Å². The molecular weight excluding hydrogens is 310 g/mol. The number of amides is 1. The molecule has 2 aromatic rings. The van der Waals surface area contributed by atoms with Crippen molar-refractivity contribution in [3.05, 3.63) is 59.7 Å². The summed E-state index contributed by atoms with van der Waals surface area (Å²) in [6.07, 6.45) is 2.01. The van der Waals surface area contributed by atoms with E-state index in [9.17, 15) is 4.79 Å². The standard InChI is InChI=1S/C21H27N3O/c1-24(2)15-16-9-11-17(12-10-16)19-7-4-3-6-18(19)14-23-21(25)20-8-5-13-22-20/h3-4,6-7,9-12,20,22H,5,8,13-15H2,1-2H3,(H,23,25)/t20-/m0/s1. The third-order valence-electron chi connectivity index (χ3n) is 4.61. The molecule has 3 rings (SSSR count). The average molecular weight is 337 g/mol. The summed E-state index contributed by atoms with van der Waals surface area (Å²) in [5, 5.41) is 6.33. The third kappa shape index (κ3) is 4.68. The molecule has 2 N–H and O–H groups in total. The Morgan fingerprint density at radius 1 is 1.16 bits per heavy atom. The Bertz CT molecular complexity index is 703. The zero-order valence-electron chi connectivity index (χ0n) is 15.1. The molecule has 4 heteroatoms. The monoisotopic (exact) mass is 337 g/mol. The number of hydrogen-bond donors (Lipinski definition) is 2. The van der Waals surface area contributed by atoms with Gasteiger partial charge >= 0.3 is 0 Å². The van der Waals surface area contributed by atoms with Gasteiger partial charge in [0, 0.05) is 13.1 Å². The van der Waals surface area contributed by atoms with E-state index in [2.05, 4.69) is 66.0 Å². The third-order valence-corrected chi connectivity index (χ3v) is 4.61. The van der Waals surface area contributed by atoms with Crippen LogP contribution in [0.5, 0.6) is 0 Å². The zero-order chi connectivity index (χ0) is 17.6. The highest BCUT2D eigenvalue weighted by Gasteiger charge is 2.21. The SMILES string of the molecule is CN(C)Cc1ccc(-c2ccccc2CNC(=O)[C@@H]2CCCN2)cc1. The molecule has 1 atom stereocenters. The molecule has 0 saturated carbocycles. The van der Waals surface area contributed by atoms with Gasteiger partial charge in [-0.1, -0.05) is 48.5 Å². The van der Waals surface area contributed by atoms with E-state index in [-0.39, 0.29) is 11.9 Å². The van der Waals surface area contributed by atoms with E-state index in [0.717, 1.165) is 31.5 Å². The molecule has 0 unspecified atom stereocenters. The molecule has 1 aliphatic rings. The molecule has 0 aliphatic carbocycles. The van der Waals surface area contributed by atoms with E-state index >= 15 is 0 Å². The van der Waals surface area contributed by atoms with Crippen molar-refractivity contribution in [2.75, 3.05) is 20.6 Å². The molecule has 4 nitrogen and oxygen atoms in total. The molecule has 0 aromatic heterocycles. The number of rotatable bonds is 6. The van der Waals surface area contributed by atoms with Gasteiger partial charge in [0.05, 0.1) is 6.04 Å². The quantitative estimate of drug-likeness (QED) is 0.852. The van der Waals surface area contributed by atoms with E-state index in [0.29, 0.717) is 6.54 Å². The minimum Gasteiger partial charge on any atom is -0.351 e. The highest BCUT2D eigenvalue weighted by atomic mass is 16.2. The van der Waals surface area contributed by atoms with Gasteiger partial charge in [0.25, 0.3) is 0 Å². The molecule has 1 heterocycles. The molecule has 0 radical (unpaired) electrons. The number of carbonyl (C=O) groups excluding carboxylic acids is 1. The van der Waals surface area contributed by atoms with Crippen molar-refractivity contribution in [2.45, 2.75) is 32.0 Å². The van der Waals surface area contributed by atoms with Gasteiger partial charge < -0.3 is 15.5 Å². The first-order chi connectivity index (χ1) is 12.1. The predicted molar refractivity (Wildman–Crippen MR) is 102 cm³/mol. The van der Waals surface area contributed by atoms with Crippen molar-refractivity contribution in [3.63, 3.8) is 0 Å². The van der Waals surface area contributed by atoms with Gasteiger partial charge in [-0.25, -0.2) is 0 Å². The second kappa shape index (κ2) is 8.28. The molecule has 132 valence electrons. The largest absolute Gasteiger partial charge is 0.351 e. The molecule has 1 fully saturated rings. The number of nitrogens with one attached hydrogen (secondary N) is 2. The molecule has 1 saturated heterocycles. The Labute approximate surface area is 150 Å². The summed E-state index contributed by atoms with van der Waals surface area (Å²) < 4.78 is 0. The first-order valence-electron chi connectivity index (χ1n) is 8.96. The lowest BCUT2D eigenvalue weighted by Gasteiger charge is -2.14. The maximum atomic E-state index is 12.2. The molecular formula is C21H27N3O. The van der Waals surface area contributed by atoms with Crippen LogP contribution in [-0.2, 0) is 17.9 Å². The normalized spacial score (nSPS) is 17.0. The Hall–Kier alpha value is -2.17. The maximum absolute atomic E-state index is 12.2. The minimum atomic E-state index is -0.0301. The van der Waals surface area contributed by atoms with Crippen molar-refractivity contribution in [2.24, 2.45) is 0 Å². The number of benzene rings is 2. The second-order valence-electron chi connectivity index (χ2n) is 6.96. The molecule has 0 spiro atoms. The van der Waals surface area contributed by atoms with Crippen molar-refractivity contribution in [1.29, 1.82) is 0 Å². The fraction of sp³-hybridized carbons (Fsp3) is 0.381. The summed E-state index contributed by atoms with van der Waals surface area (Å²) in [4.78, 5) is 14.4. The van der Waals surface area contributed by atoms with Crippen LogP contribution in [0.1, 0.15) is 24.0 Å². The van der Waals surface area contributed by atoms with Crippen LogP contribution < -0.4 is 10.6 Å². The average Bonchev–Trinajstić information content (AvgIpc) is 3.15. The van der Waals surface area contributed by atoms with Gasteiger partial charge in [-0.2, -0.15) is 0 Å². The van der Waals surface area contributed by atoms with Gasteiger partial charge in [-0.05, 0) is 55.7 Å². The van der Waals surface area contributed by atoms with E-state index in [4.69, 9.17) is 0 Å². The first-order valence-corrected chi connectivity index (χ1v) is 8.96. The second-order valence-corrected chi connectivity index (χ2v) is 6.96. The Kier molecular flexibility index (Phi) is 5.84.